The van der Waals surface area contributed by atoms with Crippen molar-refractivity contribution in [3.63, 3.8) is 0 Å². The van der Waals surface area contributed by atoms with Gasteiger partial charge in [0, 0.05) is 24.2 Å². The van der Waals surface area contributed by atoms with E-state index in [-0.39, 0.29) is 5.91 Å². The van der Waals surface area contributed by atoms with Crippen molar-refractivity contribution in [1.82, 2.24) is 5.32 Å². The van der Waals surface area contributed by atoms with Crippen LogP contribution in [0, 0.1) is 0 Å². The molecule has 1 amide bonds. The molecule has 3 aromatic rings. The van der Waals surface area contributed by atoms with Crippen molar-refractivity contribution >= 4 is 17.3 Å². The van der Waals surface area contributed by atoms with Gasteiger partial charge in [-0.05, 0) is 60.6 Å². The average molecular weight is 427 g/mol. The molecule has 0 spiro atoms. The molecule has 0 unspecified atom stereocenters. The monoisotopic (exact) mass is 426 g/mol. The number of nitrogens with two attached hydrogens (primary N) is 1. The molecule has 164 valence electrons. The maximum atomic E-state index is 11.4. The fourth-order valence-electron chi connectivity index (χ4n) is 4.96. The highest BCUT2D eigenvalue weighted by Crippen LogP contribution is 2.37. The van der Waals surface area contributed by atoms with E-state index in [1.165, 1.54) is 48.1 Å². The number of nitrogens with one attached hydrogen (secondary N) is 2. The summed E-state index contributed by atoms with van der Waals surface area (Å²) in [4.78, 5) is 13.9. The summed E-state index contributed by atoms with van der Waals surface area (Å²) in [6.45, 7) is 1.71. The van der Waals surface area contributed by atoms with Gasteiger partial charge in [-0.2, -0.15) is 0 Å². The predicted octanol–water partition coefficient (Wildman–Crippen LogP) is 4.74. The van der Waals surface area contributed by atoms with Gasteiger partial charge in [0.15, 0.2) is 0 Å². The van der Waals surface area contributed by atoms with Crippen molar-refractivity contribution in [2.75, 3.05) is 16.9 Å². The van der Waals surface area contributed by atoms with Crippen molar-refractivity contribution in [3.8, 4) is 11.1 Å². The van der Waals surface area contributed by atoms with Gasteiger partial charge in [0.25, 0.3) is 0 Å². The SMILES string of the molecule is NC(=O)c1ccc2c(c1)NCN2C1CCC(NCc2ccc(-c3ccccc3)cc2)CC1. The van der Waals surface area contributed by atoms with E-state index >= 15 is 0 Å². The van der Waals surface area contributed by atoms with Crippen LogP contribution in [0.25, 0.3) is 11.1 Å². The molecular formula is C27H30N4O. The van der Waals surface area contributed by atoms with Crippen molar-refractivity contribution in [3.05, 3.63) is 83.9 Å². The Hall–Kier alpha value is -3.31. The summed E-state index contributed by atoms with van der Waals surface area (Å²) in [6.07, 6.45) is 4.70. The summed E-state index contributed by atoms with van der Waals surface area (Å²) in [7, 11) is 0. The smallest absolute Gasteiger partial charge is 0.248 e. The highest BCUT2D eigenvalue weighted by Gasteiger charge is 2.30. The number of anilines is 2. The Balaban J connectivity index is 1.13. The van der Waals surface area contributed by atoms with Crippen LogP contribution in [-0.4, -0.2) is 24.7 Å². The third-order valence-electron chi connectivity index (χ3n) is 6.82. The standard InChI is InChI=1S/C27H30N4O/c28-27(32)22-10-15-26-25(16-22)30-18-31(26)24-13-11-23(12-14-24)29-17-19-6-8-21(9-7-19)20-4-2-1-3-5-20/h1-10,15-16,23-24,29-30H,11-14,17-18H2,(H2,28,32). The number of carbonyl (C=O) groups excluding carboxylic acids is 1. The van der Waals surface area contributed by atoms with E-state index in [9.17, 15) is 4.79 Å². The van der Waals surface area contributed by atoms with Crippen molar-refractivity contribution < 1.29 is 4.79 Å². The Morgan fingerprint density at radius 1 is 0.938 bits per heavy atom. The lowest BCUT2D eigenvalue weighted by Gasteiger charge is -2.36. The fraction of sp³-hybridized carbons (Fsp3) is 0.296. The van der Waals surface area contributed by atoms with Gasteiger partial charge in [0.1, 0.15) is 0 Å². The van der Waals surface area contributed by atoms with Gasteiger partial charge in [0.2, 0.25) is 5.91 Å². The molecule has 1 heterocycles. The van der Waals surface area contributed by atoms with Crippen LogP contribution in [0.4, 0.5) is 11.4 Å². The third-order valence-corrected chi connectivity index (χ3v) is 6.82. The van der Waals surface area contributed by atoms with E-state index < -0.39 is 0 Å². The predicted molar refractivity (Wildman–Crippen MR) is 131 cm³/mol. The van der Waals surface area contributed by atoms with Crippen LogP contribution in [0.5, 0.6) is 0 Å². The zero-order chi connectivity index (χ0) is 21.9. The Labute approximate surface area is 189 Å². The van der Waals surface area contributed by atoms with Gasteiger partial charge >= 0.3 is 0 Å². The largest absolute Gasteiger partial charge is 0.366 e. The number of primary amides is 1. The fourth-order valence-corrected chi connectivity index (χ4v) is 4.96. The summed E-state index contributed by atoms with van der Waals surface area (Å²) >= 11 is 0. The molecule has 0 radical (unpaired) electrons. The molecule has 0 bridgehead atoms. The second kappa shape index (κ2) is 9.05. The lowest BCUT2D eigenvalue weighted by molar-refractivity contribution is 0.100. The van der Waals surface area contributed by atoms with E-state index in [2.05, 4.69) is 70.1 Å². The molecular weight excluding hydrogens is 396 g/mol. The molecule has 5 nitrogen and oxygen atoms in total. The van der Waals surface area contributed by atoms with Crippen LogP contribution in [0.1, 0.15) is 41.6 Å². The van der Waals surface area contributed by atoms with Crippen molar-refractivity contribution in [1.29, 1.82) is 0 Å². The third kappa shape index (κ3) is 4.34. The van der Waals surface area contributed by atoms with E-state index in [1.807, 2.05) is 18.2 Å². The van der Waals surface area contributed by atoms with Gasteiger partial charge in [-0.25, -0.2) is 0 Å². The van der Waals surface area contributed by atoms with Crippen LogP contribution >= 0.6 is 0 Å². The first-order valence-electron chi connectivity index (χ1n) is 11.5. The number of nitrogens with zero attached hydrogens (tertiary/aromatic N) is 1. The summed E-state index contributed by atoms with van der Waals surface area (Å²) < 4.78 is 0. The molecule has 5 rings (SSSR count). The van der Waals surface area contributed by atoms with Crippen LogP contribution in [-0.2, 0) is 6.54 Å². The first-order valence-corrected chi connectivity index (χ1v) is 11.5. The van der Waals surface area contributed by atoms with Gasteiger partial charge in [-0.3, -0.25) is 4.79 Å². The Morgan fingerprint density at radius 3 is 2.38 bits per heavy atom. The van der Waals surface area contributed by atoms with E-state index in [0.717, 1.165) is 18.9 Å². The highest BCUT2D eigenvalue weighted by molar-refractivity contribution is 5.95. The molecule has 1 aliphatic heterocycles. The van der Waals surface area contributed by atoms with Crippen LogP contribution in [0.3, 0.4) is 0 Å². The second-order valence-corrected chi connectivity index (χ2v) is 8.85. The number of fused-ring (bicyclic) bond motifs is 1. The number of hydrogen-bond donors (Lipinski definition) is 3. The molecule has 3 aromatic carbocycles. The zero-order valence-electron chi connectivity index (χ0n) is 18.3. The maximum Gasteiger partial charge on any atom is 0.248 e. The Kier molecular flexibility index (Phi) is 5.82. The number of hydrogen-bond acceptors (Lipinski definition) is 4. The van der Waals surface area contributed by atoms with Crippen molar-refractivity contribution in [2.45, 2.75) is 44.3 Å². The van der Waals surface area contributed by atoms with Gasteiger partial charge < -0.3 is 21.3 Å². The maximum absolute atomic E-state index is 11.4. The van der Waals surface area contributed by atoms with Crippen LogP contribution < -0.4 is 21.3 Å². The first-order chi connectivity index (χ1) is 15.7. The molecule has 5 heteroatoms. The number of carbonyl (C=O) groups is 1. The summed E-state index contributed by atoms with van der Waals surface area (Å²) in [5.41, 5.74) is 12.0. The van der Waals surface area contributed by atoms with Gasteiger partial charge in [-0.15, -0.1) is 0 Å². The second-order valence-electron chi connectivity index (χ2n) is 8.85. The van der Waals surface area contributed by atoms with E-state index in [0.29, 0.717) is 17.6 Å². The number of amides is 1. The lowest BCUT2D eigenvalue weighted by Crippen LogP contribution is -2.42. The molecule has 0 aromatic heterocycles. The first kappa shape index (κ1) is 20.6. The molecule has 2 aliphatic rings. The molecule has 32 heavy (non-hydrogen) atoms. The van der Waals surface area contributed by atoms with Gasteiger partial charge in [-0.1, -0.05) is 54.6 Å². The van der Waals surface area contributed by atoms with Crippen LogP contribution in [0.15, 0.2) is 72.8 Å². The normalized spacial score (nSPS) is 19.9. The quantitative estimate of drug-likeness (QED) is 0.532. The molecule has 4 N–H and O–H groups in total. The zero-order valence-corrected chi connectivity index (χ0v) is 18.3. The summed E-state index contributed by atoms with van der Waals surface area (Å²) in [5.74, 6) is -0.380. The summed E-state index contributed by atoms with van der Waals surface area (Å²) in [6, 6.07) is 26.2. The molecule has 0 saturated heterocycles. The average Bonchev–Trinajstić information content (AvgIpc) is 3.27. The number of benzene rings is 3. The topological polar surface area (TPSA) is 70.4 Å². The van der Waals surface area contributed by atoms with Crippen LogP contribution in [0.2, 0.25) is 0 Å². The molecule has 0 atom stereocenters. The highest BCUT2D eigenvalue weighted by atomic mass is 16.1. The lowest BCUT2D eigenvalue weighted by atomic mass is 9.90. The molecule has 1 saturated carbocycles. The minimum Gasteiger partial charge on any atom is -0.366 e. The molecule has 1 aliphatic carbocycles. The molecule has 1 fully saturated rings. The van der Waals surface area contributed by atoms with Gasteiger partial charge in [0.05, 0.1) is 18.0 Å². The van der Waals surface area contributed by atoms with Crippen molar-refractivity contribution in [2.24, 2.45) is 5.73 Å². The van der Waals surface area contributed by atoms with E-state index in [1.54, 1.807) is 0 Å². The van der Waals surface area contributed by atoms with E-state index in [4.69, 9.17) is 5.73 Å². The summed E-state index contributed by atoms with van der Waals surface area (Å²) in [5, 5.41) is 7.18. The minimum absolute atomic E-state index is 0.380. The minimum atomic E-state index is -0.380. The Bertz CT molecular complexity index is 1070. The Morgan fingerprint density at radius 2 is 1.66 bits per heavy atom. The number of rotatable bonds is 6.